The van der Waals surface area contributed by atoms with E-state index in [1.54, 1.807) is 24.2 Å². The van der Waals surface area contributed by atoms with Gasteiger partial charge in [-0.25, -0.2) is 9.97 Å². The lowest BCUT2D eigenvalue weighted by Crippen LogP contribution is -2.46. The van der Waals surface area contributed by atoms with Crippen LogP contribution in [0.2, 0.25) is 0 Å². The minimum atomic E-state index is -0.0251. The first-order chi connectivity index (χ1) is 12.0. The van der Waals surface area contributed by atoms with Crippen LogP contribution in [0, 0.1) is 6.92 Å². The molecule has 1 aliphatic rings. The van der Waals surface area contributed by atoms with E-state index >= 15 is 0 Å². The van der Waals surface area contributed by atoms with Crippen molar-refractivity contribution in [3.8, 4) is 5.75 Å². The molecule has 8 heteroatoms. The quantitative estimate of drug-likeness (QED) is 0.831. The maximum atomic E-state index is 12.6. The normalized spacial score (nSPS) is 15.3. The van der Waals surface area contributed by atoms with Crippen molar-refractivity contribution in [3.05, 3.63) is 29.8 Å². The second-order valence-corrected chi connectivity index (χ2v) is 6.35. The molecular weight excluding hydrogens is 320 g/mol. The first kappa shape index (κ1) is 17.2. The molecule has 0 spiro atoms. The van der Waals surface area contributed by atoms with Crippen molar-refractivity contribution in [2.75, 3.05) is 32.1 Å². The number of methoxy groups -OCH3 is 1. The fourth-order valence-corrected chi connectivity index (χ4v) is 3.04. The van der Waals surface area contributed by atoms with Crippen LogP contribution in [0.5, 0.6) is 5.75 Å². The zero-order chi connectivity index (χ0) is 18.0. The van der Waals surface area contributed by atoms with E-state index in [2.05, 4.69) is 20.0 Å². The Hall–Kier alpha value is -2.64. The van der Waals surface area contributed by atoms with E-state index in [1.165, 1.54) is 0 Å². The third-order valence-corrected chi connectivity index (χ3v) is 4.80. The van der Waals surface area contributed by atoms with E-state index in [0.29, 0.717) is 17.4 Å². The Morgan fingerprint density at radius 2 is 1.92 bits per heavy atom. The number of ether oxygens (including phenoxy) is 1. The van der Waals surface area contributed by atoms with Crippen LogP contribution >= 0.6 is 0 Å². The number of aromatic nitrogens is 4. The van der Waals surface area contributed by atoms with Crippen LogP contribution in [0.1, 0.15) is 29.0 Å². The van der Waals surface area contributed by atoms with Gasteiger partial charge in [0.25, 0.3) is 5.91 Å². The number of amides is 1. The highest BCUT2D eigenvalue weighted by atomic mass is 16.5. The van der Waals surface area contributed by atoms with Gasteiger partial charge in [-0.2, -0.15) is 5.10 Å². The molecule has 0 atom stereocenters. The molecule has 2 aromatic heterocycles. The topological polar surface area (TPSA) is 76.4 Å². The van der Waals surface area contributed by atoms with Gasteiger partial charge in [0.05, 0.1) is 19.5 Å². The summed E-state index contributed by atoms with van der Waals surface area (Å²) < 4.78 is 6.82. The van der Waals surface area contributed by atoms with E-state index < -0.39 is 0 Å². The molecule has 25 heavy (non-hydrogen) atoms. The van der Waals surface area contributed by atoms with Gasteiger partial charge in [-0.1, -0.05) is 0 Å². The van der Waals surface area contributed by atoms with Crippen LogP contribution in [0.3, 0.4) is 0 Å². The van der Waals surface area contributed by atoms with Crippen LogP contribution in [0.25, 0.3) is 0 Å². The second kappa shape index (κ2) is 7.08. The van der Waals surface area contributed by atoms with Crippen LogP contribution in [0.4, 0.5) is 5.95 Å². The van der Waals surface area contributed by atoms with Crippen molar-refractivity contribution in [2.45, 2.75) is 25.8 Å². The molecule has 1 fully saturated rings. The van der Waals surface area contributed by atoms with Crippen molar-refractivity contribution >= 4 is 11.9 Å². The second-order valence-electron chi connectivity index (χ2n) is 6.35. The predicted octanol–water partition coefficient (Wildman–Crippen LogP) is 1.27. The van der Waals surface area contributed by atoms with Crippen molar-refractivity contribution in [1.82, 2.24) is 24.6 Å². The van der Waals surface area contributed by atoms with Gasteiger partial charge >= 0.3 is 0 Å². The molecule has 0 unspecified atom stereocenters. The minimum absolute atomic E-state index is 0.0251. The Balaban J connectivity index is 1.60. The zero-order valence-corrected chi connectivity index (χ0v) is 15.1. The van der Waals surface area contributed by atoms with Crippen LogP contribution < -0.4 is 9.64 Å². The summed E-state index contributed by atoms with van der Waals surface area (Å²) in [4.78, 5) is 25.3. The predicted molar refractivity (Wildman–Crippen MR) is 93.9 cm³/mol. The monoisotopic (exact) mass is 344 g/mol. The van der Waals surface area contributed by atoms with E-state index in [4.69, 9.17) is 4.74 Å². The average molecular weight is 344 g/mol. The lowest BCUT2D eigenvalue weighted by atomic mass is 10.0. The van der Waals surface area contributed by atoms with Crippen molar-refractivity contribution in [1.29, 1.82) is 0 Å². The minimum Gasteiger partial charge on any atom is -0.494 e. The number of piperidine rings is 1. The number of hydrogen-bond donors (Lipinski definition) is 0. The highest BCUT2D eigenvalue weighted by molar-refractivity contribution is 5.92. The molecule has 3 heterocycles. The average Bonchev–Trinajstić information content (AvgIpc) is 2.99. The van der Waals surface area contributed by atoms with Gasteiger partial charge in [0, 0.05) is 38.9 Å². The molecule has 0 radical (unpaired) electrons. The highest BCUT2D eigenvalue weighted by Gasteiger charge is 2.28. The van der Waals surface area contributed by atoms with E-state index in [9.17, 15) is 4.79 Å². The SMILES string of the molecule is COc1cnc(N2CCC(N(C)C(=O)c3cc(C)n(C)n3)CC2)nc1. The molecule has 0 aromatic carbocycles. The lowest BCUT2D eigenvalue weighted by Gasteiger charge is -2.36. The van der Waals surface area contributed by atoms with E-state index in [1.807, 2.05) is 32.0 Å². The van der Waals surface area contributed by atoms with Gasteiger partial charge in [0.15, 0.2) is 11.4 Å². The van der Waals surface area contributed by atoms with Crippen molar-refractivity contribution in [2.24, 2.45) is 7.05 Å². The standard InChI is InChI=1S/C17H24N6O2/c1-12-9-15(20-22(12)3)16(24)21(2)13-5-7-23(8-6-13)17-18-10-14(25-4)11-19-17/h9-11,13H,5-8H2,1-4H3. The molecule has 1 saturated heterocycles. The van der Waals surface area contributed by atoms with Crippen LogP contribution in [0.15, 0.2) is 18.5 Å². The van der Waals surface area contributed by atoms with Gasteiger partial charge in [0.1, 0.15) is 0 Å². The summed E-state index contributed by atoms with van der Waals surface area (Å²) in [5, 5.41) is 4.29. The molecule has 8 nitrogen and oxygen atoms in total. The van der Waals surface area contributed by atoms with E-state index in [0.717, 1.165) is 31.6 Å². The van der Waals surface area contributed by atoms with Gasteiger partial charge < -0.3 is 14.5 Å². The van der Waals surface area contributed by atoms with Gasteiger partial charge in [-0.3, -0.25) is 9.48 Å². The number of rotatable bonds is 4. The zero-order valence-electron chi connectivity index (χ0n) is 15.1. The summed E-state index contributed by atoms with van der Waals surface area (Å²) in [7, 11) is 5.30. The summed E-state index contributed by atoms with van der Waals surface area (Å²) in [6.07, 6.45) is 5.11. The summed E-state index contributed by atoms with van der Waals surface area (Å²) in [5.41, 5.74) is 1.48. The van der Waals surface area contributed by atoms with Gasteiger partial charge in [-0.15, -0.1) is 0 Å². The third-order valence-electron chi connectivity index (χ3n) is 4.80. The van der Waals surface area contributed by atoms with Crippen LogP contribution in [-0.4, -0.2) is 63.8 Å². The Morgan fingerprint density at radius 3 is 2.44 bits per heavy atom. The Labute approximate surface area is 147 Å². The Kier molecular flexibility index (Phi) is 4.87. The maximum absolute atomic E-state index is 12.6. The van der Waals surface area contributed by atoms with Crippen molar-refractivity contribution < 1.29 is 9.53 Å². The molecule has 1 aliphatic heterocycles. The molecule has 134 valence electrons. The van der Waals surface area contributed by atoms with Gasteiger partial charge in [0.2, 0.25) is 5.95 Å². The molecule has 0 bridgehead atoms. The molecule has 0 saturated carbocycles. The molecule has 3 rings (SSSR count). The highest BCUT2D eigenvalue weighted by Crippen LogP contribution is 2.21. The number of hydrogen-bond acceptors (Lipinski definition) is 6. The number of carbonyl (C=O) groups excluding carboxylic acids is 1. The molecule has 2 aromatic rings. The first-order valence-corrected chi connectivity index (χ1v) is 8.38. The van der Waals surface area contributed by atoms with Gasteiger partial charge in [-0.05, 0) is 25.8 Å². The molecule has 1 amide bonds. The maximum Gasteiger partial charge on any atom is 0.274 e. The number of nitrogens with zero attached hydrogens (tertiary/aromatic N) is 6. The molecule has 0 N–H and O–H groups in total. The van der Waals surface area contributed by atoms with Crippen molar-refractivity contribution in [3.63, 3.8) is 0 Å². The van der Waals surface area contributed by atoms with Crippen LogP contribution in [-0.2, 0) is 7.05 Å². The first-order valence-electron chi connectivity index (χ1n) is 8.38. The largest absolute Gasteiger partial charge is 0.494 e. The molecule has 0 aliphatic carbocycles. The fourth-order valence-electron chi connectivity index (χ4n) is 3.04. The smallest absolute Gasteiger partial charge is 0.274 e. The van der Waals surface area contributed by atoms with E-state index in [-0.39, 0.29) is 11.9 Å². The Morgan fingerprint density at radius 1 is 1.28 bits per heavy atom. The number of carbonyl (C=O) groups is 1. The lowest BCUT2D eigenvalue weighted by molar-refractivity contribution is 0.0702. The summed E-state index contributed by atoms with van der Waals surface area (Å²) in [6, 6.07) is 2.03. The molecular formula is C17H24N6O2. The number of anilines is 1. The summed E-state index contributed by atoms with van der Waals surface area (Å²) >= 11 is 0. The summed E-state index contributed by atoms with van der Waals surface area (Å²) in [6.45, 7) is 3.57. The number of aryl methyl sites for hydroxylation is 2. The third kappa shape index (κ3) is 3.57. The fraction of sp³-hybridized carbons (Fsp3) is 0.529. The Bertz CT molecular complexity index is 715. The summed E-state index contributed by atoms with van der Waals surface area (Å²) in [5.74, 6) is 1.33.